The predicted octanol–water partition coefficient (Wildman–Crippen LogP) is 2.53. The molecule has 7 nitrogen and oxygen atoms in total. The molecule has 7 heteroatoms. The SMILES string of the molecule is CCCCOC(=O)N1CC(O)C(CCNC(=O)OCc2ccccc2)C1. The van der Waals surface area contributed by atoms with Gasteiger partial charge in [-0.3, -0.25) is 0 Å². The van der Waals surface area contributed by atoms with Gasteiger partial charge in [0.15, 0.2) is 0 Å². The molecule has 1 aromatic carbocycles. The molecule has 1 aliphatic heterocycles. The molecule has 1 fully saturated rings. The van der Waals surface area contributed by atoms with Gasteiger partial charge in [-0.15, -0.1) is 0 Å². The topological polar surface area (TPSA) is 88.1 Å². The number of unbranched alkanes of at least 4 members (excludes halogenated alkanes) is 1. The first kappa shape index (κ1) is 20.0. The van der Waals surface area contributed by atoms with Crippen LogP contribution in [0.1, 0.15) is 31.7 Å². The normalized spacial score (nSPS) is 19.2. The van der Waals surface area contributed by atoms with Crippen LogP contribution in [0, 0.1) is 5.92 Å². The van der Waals surface area contributed by atoms with Crippen LogP contribution in [-0.2, 0) is 16.1 Å². The van der Waals surface area contributed by atoms with Gasteiger partial charge in [0.05, 0.1) is 19.3 Å². The molecule has 1 saturated heterocycles. The van der Waals surface area contributed by atoms with E-state index in [2.05, 4.69) is 5.32 Å². The number of carbonyl (C=O) groups excluding carboxylic acids is 2. The maximum absolute atomic E-state index is 11.9. The number of alkyl carbamates (subject to hydrolysis) is 1. The van der Waals surface area contributed by atoms with Crippen molar-refractivity contribution in [3.05, 3.63) is 35.9 Å². The second-order valence-electron chi connectivity index (χ2n) is 6.48. The van der Waals surface area contributed by atoms with E-state index in [1.54, 1.807) is 0 Å². The predicted molar refractivity (Wildman–Crippen MR) is 96.6 cm³/mol. The zero-order valence-corrected chi connectivity index (χ0v) is 15.2. The molecule has 0 aliphatic carbocycles. The van der Waals surface area contributed by atoms with Crippen LogP contribution in [0.5, 0.6) is 0 Å². The Morgan fingerprint density at radius 3 is 2.73 bits per heavy atom. The summed E-state index contributed by atoms with van der Waals surface area (Å²) in [4.78, 5) is 25.2. The molecule has 1 aliphatic rings. The van der Waals surface area contributed by atoms with E-state index in [1.165, 1.54) is 4.90 Å². The minimum Gasteiger partial charge on any atom is -0.449 e. The number of hydrogen-bond donors (Lipinski definition) is 2. The second-order valence-corrected chi connectivity index (χ2v) is 6.48. The van der Waals surface area contributed by atoms with E-state index in [0.717, 1.165) is 18.4 Å². The Kier molecular flexibility index (Phi) is 8.21. The Bertz CT molecular complexity index is 566. The van der Waals surface area contributed by atoms with E-state index in [-0.39, 0.29) is 25.2 Å². The van der Waals surface area contributed by atoms with E-state index >= 15 is 0 Å². The first-order chi connectivity index (χ1) is 12.6. The van der Waals surface area contributed by atoms with E-state index < -0.39 is 12.2 Å². The number of ether oxygens (including phenoxy) is 2. The Labute approximate surface area is 154 Å². The van der Waals surface area contributed by atoms with Crippen molar-refractivity contribution in [1.82, 2.24) is 10.2 Å². The van der Waals surface area contributed by atoms with Gasteiger partial charge in [-0.25, -0.2) is 9.59 Å². The van der Waals surface area contributed by atoms with Crippen molar-refractivity contribution in [3.8, 4) is 0 Å². The highest BCUT2D eigenvalue weighted by Gasteiger charge is 2.34. The van der Waals surface area contributed by atoms with Gasteiger partial charge in [0, 0.05) is 19.0 Å². The summed E-state index contributed by atoms with van der Waals surface area (Å²) in [6.07, 6.45) is 0.897. The number of β-amino-alcohol motifs (C(OH)–C–C–N with tert-alkyl or cyclic N) is 1. The van der Waals surface area contributed by atoms with Crippen molar-refractivity contribution in [2.45, 2.75) is 38.9 Å². The monoisotopic (exact) mass is 364 g/mol. The van der Waals surface area contributed by atoms with Crippen molar-refractivity contribution in [2.75, 3.05) is 26.2 Å². The number of hydrogen-bond acceptors (Lipinski definition) is 5. The molecule has 2 atom stereocenters. The van der Waals surface area contributed by atoms with Crippen LogP contribution in [-0.4, -0.2) is 54.5 Å². The summed E-state index contributed by atoms with van der Waals surface area (Å²) >= 11 is 0. The highest BCUT2D eigenvalue weighted by Crippen LogP contribution is 2.20. The average molecular weight is 364 g/mol. The molecule has 2 N–H and O–H groups in total. The molecule has 0 spiro atoms. The number of rotatable bonds is 8. The third kappa shape index (κ3) is 6.55. The fourth-order valence-corrected chi connectivity index (χ4v) is 2.82. The van der Waals surface area contributed by atoms with Crippen molar-refractivity contribution in [1.29, 1.82) is 0 Å². The second kappa shape index (κ2) is 10.7. The standard InChI is InChI=1S/C19H28N2O5/c1-2-3-11-25-19(24)21-12-16(17(22)13-21)9-10-20-18(23)26-14-15-7-5-4-6-8-15/h4-8,16-17,22H,2-3,9-14H2,1H3,(H,20,23). The van der Waals surface area contributed by atoms with Crippen LogP contribution in [0.4, 0.5) is 9.59 Å². The molecule has 0 saturated carbocycles. The number of aliphatic hydroxyl groups excluding tert-OH is 1. The third-order valence-electron chi connectivity index (χ3n) is 4.39. The Morgan fingerprint density at radius 2 is 2.00 bits per heavy atom. The summed E-state index contributed by atoms with van der Waals surface area (Å²) in [6.45, 7) is 3.74. The number of carbonyl (C=O) groups is 2. The third-order valence-corrected chi connectivity index (χ3v) is 4.39. The van der Waals surface area contributed by atoms with Crippen LogP contribution in [0.2, 0.25) is 0 Å². The van der Waals surface area contributed by atoms with Crippen LogP contribution >= 0.6 is 0 Å². The first-order valence-electron chi connectivity index (χ1n) is 9.14. The molecule has 2 unspecified atom stereocenters. The van der Waals surface area contributed by atoms with Crippen LogP contribution < -0.4 is 5.32 Å². The molecule has 2 rings (SSSR count). The quantitative estimate of drug-likeness (QED) is 0.692. The van der Waals surface area contributed by atoms with Gasteiger partial charge in [-0.1, -0.05) is 43.7 Å². The Hall–Kier alpha value is -2.28. The molecule has 0 aromatic heterocycles. The number of nitrogens with one attached hydrogen (secondary N) is 1. The van der Waals surface area contributed by atoms with E-state index in [0.29, 0.717) is 26.1 Å². The molecule has 0 radical (unpaired) electrons. The van der Waals surface area contributed by atoms with Gasteiger partial charge in [0.1, 0.15) is 6.61 Å². The van der Waals surface area contributed by atoms with E-state index in [9.17, 15) is 14.7 Å². The number of nitrogens with zero attached hydrogens (tertiary/aromatic N) is 1. The van der Waals surface area contributed by atoms with Gasteiger partial charge in [0.25, 0.3) is 0 Å². The number of likely N-dealkylation sites (tertiary alicyclic amines) is 1. The van der Waals surface area contributed by atoms with Crippen molar-refractivity contribution in [2.24, 2.45) is 5.92 Å². The molecular weight excluding hydrogens is 336 g/mol. The van der Waals surface area contributed by atoms with Gasteiger partial charge in [-0.2, -0.15) is 0 Å². The summed E-state index contributed by atoms with van der Waals surface area (Å²) in [6, 6.07) is 9.44. The fourth-order valence-electron chi connectivity index (χ4n) is 2.82. The van der Waals surface area contributed by atoms with Crippen molar-refractivity contribution in [3.63, 3.8) is 0 Å². The van der Waals surface area contributed by atoms with E-state index in [4.69, 9.17) is 9.47 Å². The lowest BCUT2D eigenvalue weighted by molar-refractivity contribution is 0.101. The molecule has 1 aromatic rings. The zero-order valence-electron chi connectivity index (χ0n) is 15.2. The maximum Gasteiger partial charge on any atom is 0.409 e. The Balaban J connectivity index is 1.62. The summed E-state index contributed by atoms with van der Waals surface area (Å²) in [7, 11) is 0. The highest BCUT2D eigenvalue weighted by molar-refractivity contribution is 5.68. The minimum atomic E-state index is -0.601. The Morgan fingerprint density at radius 1 is 1.23 bits per heavy atom. The smallest absolute Gasteiger partial charge is 0.409 e. The molecule has 1 heterocycles. The summed E-state index contributed by atoms with van der Waals surface area (Å²) in [5, 5.41) is 12.8. The number of benzene rings is 1. The van der Waals surface area contributed by atoms with Crippen LogP contribution in [0.15, 0.2) is 30.3 Å². The lowest BCUT2D eigenvalue weighted by Crippen LogP contribution is -2.30. The van der Waals surface area contributed by atoms with Crippen molar-refractivity contribution < 1.29 is 24.2 Å². The lowest BCUT2D eigenvalue weighted by Gasteiger charge is -2.16. The fraction of sp³-hybridized carbons (Fsp3) is 0.579. The molecule has 144 valence electrons. The average Bonchev–Trinajstić information content (AvgIpc) is 3.02. The summed E-state index contributed by atoms with van der Waals surface area (Å²) in [5.74, 6) is -0.0804. The van der Waals surface area contributed by atoms with Crippen molar-refractivity contribution >= 4 is 12.2 Å². The van der Waals surface area contributed by atoms with E-state index in [1.807, 2.05) is 37.3 Å². The lowest BCUT2D eigenvalue weighted by atomic mass is 10.0. The maximum atomic E-state index is 11.9. The van der Waals surface area contributed by atoms with Gasteiger partial charge < -0.3 is 24.8 Å². The first-order valence-corrected chi connectivity index (χ1v) is 9.14. The molecule has 2 amide bonds. The van der Waals surface area contributed by atoms with Crippen LogP contribution in [0.25, 0.3) is 0 Å². The largest absolute Gasteiger partial charge is 0.449 e. The van der Waals surface area contributed by atoms with Gasteiger partial charge >= 0.3 is 12.2 Å². The zero-order chi connectivity index (χ0) is 18.8. The molecular formula is C19H28N2O5. The number of aliphatic hydroxyl groups is 1. The molecule has 0 bridgehead atoms. The summed E-state index contributed by atoms with van der Waals surface area (Å²) < 4.78 is 10.3. The van der Waals surface area contributed by atoms with Gasteiger partial charge in [0.2, 0.25) is 0 Å². The van der Waals surface area contributed by atoms with Gasteiger partial charge in [-0.05, 0) is 18.4 Å². The molecule has 26 heavy (non-hydrogen) atoms. The number of amides is 2. The highest BCUT2D eigenvalue weighted by atomic mass is 16.6. The van der Waals surface area contributed by atoms with Crippen LogP contribution in [0.3, 0.4) is 0 Å². The summed E-state index contributed by atoms with van der Waals surface area (Å²) in [5.41, 5.74) is 0.922. The minimum absolute atomic E-state index is 0.0804.